The Bertz CT molecular complexity index is 8.00. The first kappa shape index (κ1) is 16.1. The van der Waals surface area contributed by atoms with Gasteiger partial charge >= 0.3 is 79.2 Å². The Kier molecular flexibility index (Phi) is 71.9. The molecule has 0 rings (SSSR count). The summed E-state index contributed by atoms with van der Waals surface area (Å²) in [7, 11) is 4.09. The maximum absolute atomic E-state index is 4.09. The van der Waals surface area contributed by atoms with Crippen LogP contribution in [-0.2, 0) is 18.0 Å². The van der Waals surface area contributed by atoms with Crippen LogP contribution in [0.15, 0.2) is 0 Å². The van der Waals surface area contributed by atoms with Gasteiger partial charge in [-0.1, -0.05) is 0 Å². The van der Waals surface area contributed by atoms with Gasteiger partial charge in [-0.3, -0.25) is 0 Å². The monoisotopic (exact) mass is 188 g/mol. The molecule has 0 atom stereocenters. The predicted octanol–water partition coefficient (Wildman–Crippen LogP) is -5.35. The summed E-state index contributed by atoms with van der Waals surface area (Å²) < 4.78 is 0. The van der Waals surface area contributed by atoms with Crippen LogP contribution in [0.3, 0.4) is 0 Å². The Morgan fingerprint density at radius 2 is 1.25 bits per heavy atom. The third-order valence-corrected chi connectivity index (χ3v) is 0. The minimum absolute atomic E-state index is 0. The van der Waals surface area contributed by atoms with Crippen molar-refractivity contribution in [2.75, 3.05) is 0 Å². The number of rotatable bonds is 0. The first-order valence-corrected chi connectivity index (χ1v) is 2.96. The first-order valence-electron chi connectivity index (χ1n) is 0.167. The molecule has 0 unspecified atom stereocenters. The molecule has 0 amide bonds. The van der Waals surface area contributed by atoms with Crippen molar-refractivity contribution in [1.82, 2.24) is 0 Å². The zero-order chi connectivity index (χ0) is 2.00. The summed E-state index contributed by atoms with van der Waals surface area (Å²) in [6.07, 6.45) is 0. The van der Waals surface area contributed by atoms with Gasteiger partial charge in [0.2, 0.25) is 0 Å². The first-order chi connectivity index (χ1) is 1.00. The molecule has 4 heteroatoms. The SMILES string of the molecule is [F-].[K+].[S]=[Mo]. The zero-order valence-electron chi connectivity index (χ0n) is 2.19. The van der Waals surface area contributed by atoms with Crippen molar-refractivity contribution >= 4 is 9.82 Å². The molecule has 4 heavy (non-hydrogen) atoms. The molecule has 0 radical (unpaired) electrons. The average Bonchev–Trinajstić information content (AvgIpc) is 1.00. The van der Waals surface area contributed by atoms with E-state index in [0.29, 0.717) is 0 Å². The molecule has 0 aliphatic rings. The second-order valence-corrected chi connectivity index (χ2v) is 0. The van der Waals surface area contributed by atoms with E-state index in [-0.39, 0.29) is 56.1 Å². The van der Waals surface area contributed by atoms with Crippen molar-refractivity contribution in [1.29, 1.82) is 0 Å². The summed E-state index contributed by atoms with van der Waals surface area (Å²) in [5.74, 6) is 0. The van der Waals surface area contributed by atoms with Gasteiger partial charge in [0.15, 0.2) is 0 Å². The van der Waals surface area contributed by atoms with Gasteiger partial charge in [-0.05, 0) is 0 Å². The molecule has 0 aromatic carbocycles. The average molecular weight is 186 g/mol. The molecule has 0 fully saturated rings. The third kappa shape index (κ3) is 8.82. The molecule has 0 aromatic rings. The van der Waals surface area contributed by atoms with E-state index in [2.05, 4.69) is 9.82 Å². The van der Waals surface area contributed by atoms with Gasteiger partial charge in [0, 0.05) is 0 Å². The van der Waals surface area contributed by atoms with E-state index >= 15 is 0 Å². The zero-order valence-corrected chi connectivity index (χ0v) is 8.14. The van der Waals surface area contributed by atoms with Crippen LogP contribution in [0.2, 0.25) is 0 Å². The van der Waals surface area contributed by atoms with E-state index < -0.39 is 0 Å². The van der Waals surface area contributed by atoms with Crippen molar-refractivity contribution in [3.8, 4) is 0 Å². The predicted molar refractivity (Wildman–Crippen MR) is 7.59 cm³/mol. The van der Waals surface area contributed by atoms with Crippen LogP contribution in [0.1, 0.15) is 0 Å². The van der Waals surface area contributed by atoms with Crippen molar-refractivity contribution in [3.63, 3.8) is 0 Å². The molecule has 0 aliphatic carbocycles. The van der Waals surface area contributed by atoms with E-state index in [0.717, 1.165) is 0 Å². The third-order valence-electron chi connectivity index (χ3n) is 0. The quantitative estimate of drug-likeness (QED) is 0.340. The fraction of sp³-hybridized carbons (Fsp3) is 0. The van der Waals surface area contributed by atoms with Gasteiger partial charge < -0.3 is 4.70 Å². The van der Waals surface area contributed by atoms with E-state index in [9.17, 15) is 0 Å². The molecule has 0 saturated heterocycles. The fourth-order valence-electron chi connectivity index (χ4n) is 0. The molecular formula is FKMoS. The Balaban J connectivity index is -0.00000000500. The fourth-order valence-corrected chi connectivity index (χ4v) is 0. The molecule has 0 saturated carbocycles. The van der Waals surface area contributed by atoms with Gasteiger partial charge in [-0.2, -0.15) is 0 Å². The summed E-state index contributed by atoms with van der Waals surface area (Å²) >= 11 is 1.53. The van der Waals surface area contributed by atoms with Gasteiger partial charge in [0.25, 0.3) is 0 Å². The van der Waals surface area contributed by atoms with Crippen molar-refractivity contribution in [2.24, 2.45) is 0 Å². The molecule has 0 bridgehead atoms. The van der Waals surface area contributed by atoms with E-state index in [4.69, 9.17) is 0 Å². The van der Waals surface area contributed by atoms with Crippen LogP contribution in [0.5, 0.6) is 0 Å². The van der Waals surface area contributed by atoms with Crippen molar-refractivity contribution < 1.29 is 74.1 Å². The summed E-state index contributed by atoms with van der Waals surface area (Å²) in [4.78, 5) is 0. The standard InChI is InChI=1S/FH.K.Mo.S/h1H;;;/q;+1;;/p-1. The Morgan fingerprint density at radius 3 is 1.25 bits per heavy atom. The van der Waals surface area contributed by atoms with Gasteiger partial charge in [0.1, 0.15) is 0 Å². The van der Waals surface area contributed by atoms with Crippen molar-refractivity contribution in [3.05, 3.63) is 0 Å². The van der Waals surface area contributed by atoms with Gasteiger partial charge in [-0.25, -0.2) is 0 Å². The molecule has 20 valence electrons. The summed E-state index contributed by atoms with van der Waals surface area (Å²) in [5, 5.41) is 0. The Hall–Kier alpha value is 2.47. The van der Waals surface area contributed by atoms with Crippen LogP contribution in [0.25, 0.3) is 0 Å². The van der Waals surface area contributed by atoms with Crippen LogP contribution in [0.4, 0.5) is 0 Å². The number of hydrogen-bond donors (Lipinski definition) is 0. The number of hydrogen-bond acceptors (Lipinski definition) is 1. The topological polar surface area (TPSA) is 0 Å². The van der Waals surface area contributed by atoms with Crippen LogP contribution in [0, 0.1) is 0 Å². The molecule has 0 spiro atoms. The molecule has 0 nitrogen and oxygen atoms in total. The Labute approximate surface area is 81.9 Å². The van der Waals surface area contributed by atoms with Crippen molar-refractivity contribution in [2.45, 2.75) is 0 Å². The van der Waals surface area contributed by atoms with E-state index in [1.54, 1.807) is 0 Å². The summed E-state index contributed by atoms with van der Waals surface area (Å²) in [5.41, 5.74) is 0. The second kappa shape index (κ2) is 17.9. The molecule has 0 aromatic heterocycles. The normalized spacial score (nSPS) is 1.00. The maximum atomic E-state index is 4.09. The van der Waals surface area contributed by atoms with Crippen LogP contribution in [-0.4, -0.2) is 0 Å². The summed E-state index contributed by atoms with van der Waals surface area (Å²) in [6, 6.07) is 0. The van der Waals surface area contributed by atoms with E-state index in [1.807, 2.05) is 0 Å². The van der Waals surface area contributed by atoms with Crippen LogP contribution < -0.4 is 56.1 Å². The Morgan fingerprint density at radius 1 is 1.25 bits per heavy atom. The van der Waals surface area contributed by atoms with Gasteiger partial charge in [-0.15, -0.1) is 0 Å². The minimum atomic E-state index is 0. The van der Waals surface area contributed by atoms with Gasteiger partial charge in [0.05, 0.1) is 0 Å². The van der Waals surface area contributed by atoms with Crippen LogP contribution >= 0.6 is 9.82 Å². The second-order valence-electron chi connectivity index (χ2n) is 0. The molecule has 0 N–H and O–H groups in total. The molecule has 0 heterocycles. The number of halogens is 1. The molecule has 0 aliphatic heterocycles. The van der Waals surface area contributed by atoms with E-state index in [1.165, 1.54) is 18.0 Å². The summed E-state index contributed by atoms with van der Waals surface area (Å²) in [6.45, 7) is 0. The molecular weight excluding hydrogens is 186 g/mol.